The molecule has 1 atom stereocenters. The van der Waals surface area contributed by atoms with Crippen LogP contribution in [0.5, 0.6) is 0 Å². The number of rotatable bonds is 3. The number of anilines is 1. The smallest absolute Gasteiger partial charge is 0.257 e. The van der Waals surface area contributed by atoms with Crippen LogP contribution in [0.25, 0.3) is 11.5 Å². The van der Waals surface area contributed by atoms with Crippen molar-refractivity contribution in [2.45, 2.75) is 12.3 Å². The lowest BCUT2D eigenvalue weighted by molar-refractivity contribution is -0.117. The van der Waals surface area contributed by atoms with Crippen LogP contribution in [0.3, 0.4) is 0 Å². The van der Waals surface area contributed by atoms with Crippen LogP contribution in [0.4, 0.5) is 5.69 Å². The van der Waals surface area contributed by atoms with Crippen LogP contribution in [0.2, 0.25) is 0 Å². The molecule has 1 fully saturated rings. The minimum Gasteiger partial charge on any atom is -0.334 e. The Morgan fingerprint density at radius 1 is 1.00 bits per heavy atom. The first-order valence-corrected chi connectivity index (χ1v) is 7.56. The number of hydrogen-bond donors (Lipinski definition) is 0. The predicted molar refractivity (Wildman–Crippen MR) is 85.9 cm³/mol. The average Bonchev–Trinajstić information content (AvgIpc) is 3.23. The molecule has 1 aliphatic heterocycles. The lowest BCUT2D eigenvalue weighted by atomic mass is 10.1. The molecular formula is C18H15N3O2. The number of nitrogens with zero attached hydrogens (tertiary/aromatic N) is 3. The topological polar surface area (TPSA) is 59.2 Å². The first kappa shape index (κ1) is 13.7. The number of carbonyl (C=O) groups excluding carboxylic acids is 1. The van der Waals surface area contributed by atoms with Crippen molar-refractivity contribution in [3.63, 3.8) is 0 Å². The van der Waals surface area contributed by atoms with Gasteiger partial charge in [-0.05, 0) is 24.3 Å². The summed E-state index contributed by atoms with van der Waals surface area (Å²) in [6.45, 7) is 0.580. The molecular weight excluding hydrogens is 290 g/mol. The van der Waals surface area contributed by atoms with Gasteiger partial charge >= 0.3 is 0 Å². The highest BCUT2D eigenvalue weighted by molar-refractivity contribution is 5.96. The van der Waals surface area contributed by atoms with Crippen molar-refractivity contribution in [3.05, 3.63) is 66.5 Å². The molecule has 0 aliphatic carbocycles. The molecule has 0 radical (unpaired) electrons. The number of carbonyl (C=O) groups is 1. The van der Waals surface area contributed by atoms with E-state index in [0.717, 1.165) is 11.3 Å². The minimum atomic E-state index is -0.0380. The monoisotopic (exact) mass is 305 g/mol. The summed E-state index contributed by atoms with van der Waals surface area (Å²) in [7, 11) is 0. The normalized spacial score (nSPS) is 17.7. The van der Waals surface area contributed by atoms with Gasteiger partial charge in [0.1, 0.15) is 0 Å². The van der Waals surface area contributed by atoms with Gasteiger partial charge in [0.05, 0.1) is 0 Å². The molecule has 0 saturated carbocycles. The Balaban J connectivity index is 1.56. The zero-order valence-corrected chi connectivity index (χ0v) is 12.4. The molecule has 3 aromatic rings. The summed E-state index contributed by atoms with van der Waals surface area (Å²) >= 11 is 0. The Morgan fingerprint density at radius 3 is 2.43 bits per heavy atom. The second-order valence-electron chi connectivity index (χ2n) is 5.56. The van der Waals surface area contributed by atoms with E-state index in [4.69, 9.17) is 4.52 Å². The molecule has 2 aromatic carbocycles. The third kappa shape index (κ3) is 2.61. The van der Waals surface area contributed by atoms with E-state index < -0.39 is 0 Å². The van der Waals surface area contributed by atoms with Crippen molar-refractivity contribution in [2.75, 3.05) is 11.4 Å². The molecule has 23 heavy (non-hydrogen) atoms. The summed E-state index contributed by atoms with van der Waals surface area (Å²) in [6, 6.07) is 19.3. The van der Waals surface area contributed by atoms with Gasteiger partial charge in [0.2, 0.25) is 5.91 Å². The number of aromatic nitrogens is 2. The van der Waals surface area contributed by atoms with Crippen LogP contribution in [-0.4, -0.2) is 22.6 Å². The Hall–Kier alpha value is -2.95. The molecule has 5 heteroatoms. The molecule has 1 aromatic heterocycles. The summed E-state index contributed by atoms with van der Waals surface area (Å²) < 4.78 is 5.35. The van der Waals surface area contributed by atoms with E-state index in [1.807, 2.05) is 60.7 Å². The van der Waals surface area contributed by atoms with Gasteiger partial charge in [-0.15, -0.1) is 0 Å². The molecule has 2 heterocycles. The van der Waals surface area contributed by atoms with E-state index >= 15 is 0 Å². The SMILES string of the molecule is O=C1C[C@@H](c2noc(-c3ccccc3)n2)CN1c1ccccc1. The predicted octanol–water partition coefficient (Wildman–Crippen LogP) is 3.26. The first-order valence-electron chi connectivity index (χ1n) is 7.56. The molecule has 0 spiro atoms. The van der Waals surface area contributed by atoms with Crippen molar-refractivity contribution >= 4 is 11.6 Å². The van der Waals surface area contributed by atoms with E-state index in [0.29, 0.717) is 24.7 Å². The van der Waals surface area contributed by atoms with Crippen molar-refractivity contribution in [2.24, 2.45) is 0 Å². The van der Waals surface area contributed by atoms with Gasteiger partial charge in [-0.25, -0.2) is 0 Å². The van der Waals surface area contributed by atoms with Crippen LogP contribution < -0.4 is 4.90 Å². The van der Waals surface area contributed by atoms with Gasteiger partial charge in [0, 0.05) is 30.1 Å². The van der Waals surface area contributed by atoms with E-state index in [9.17, 15) is 4.79 Å². The lowest BCUT2D eigenvalue weighted by Crippen LogP contribution is -2.24. The van der Waals surface area contributed by atoms with E-state index in [2.05, 4.69) is 10.1 Å². The number of benzene rings is 2. The molecule has 1 amide bonds. The average molecular weight is 305 g/mol. The second kappa shape index (κ2) is 5.68. The largest absolute Gasteiger partial charge is 0.334 e. The molecule has 114 valence electrons. The molecule has 1 saturated heterocycles. The maximum Gasteiger partial charge on any atom is 0.257 e. The molecule has 0 N–H and O–H groups in total. The number of amides is 1. The summed E-state index contributed by atoms with van der Waals surface area (Å²) in [6.07, 6.45) is 0.405. The highest BCUT2D eigenvalue weighted by atomic mass is 16.5. The Morgan fingerprint density at radius 2 is 1.70 bits per heavy atom. The highest BCUT2D eigenvalue weighted by Crippen LogP contribution is 2.31. The highest BCUT2D eigenvalue weighted by Gasteiger charge is 2.34. The quantitative estimate of drug-likeness (QED) is 0.745. The van der Waals surface area contributed by atoms with Gasteiger partial charge in [-0.2, -0.15) is 4.98 Å². The van der Waals surface area contributed by atoms with Gasteiger partial charge in [0.15, 0.2) is 5.82 Å². The van der Waals surface area contributed by atoms with Crippen molar-refractivity contribution < 1.29 is 9.32 Å². The Labute approximate surface area is 133 Å². The summed E-state index contributed by atoms with van der Waals surface area (Å²) in [5.74, 6) is 1.14. The minimum absolute atomic E-state index is 0.0380. The van der Waals surface area contributed by atoms with Gasteiger partial charge in [0.25, 0.3) is 5.89 Å². The summed E-state index contributed by atoms with van der Waals surface area (Å²) in [5.41, 5.74) is 1.79. The van der Waals surface area contributed by atoms with Crippen LogP contribution in [0.1, 0.15) is 18.2 Å². The van der Waals surface area contributed by atoms with Gasteiger partial charge in [-0.1, -0.05) is 41.6 Å². The van der Waals surface area contributed by atoms with Crippen LogP contribution in [0.15, 0.2) is 65.2 Å². The van der Waals surface area contributed by atoms with E-state index in [1.54, 1.807) is 4.90 Å². The zero-order valence-electron chi connectivity index (χ0n) is 12.4. The number of para-hydroxylation sites is 1. The van der Waals surface area contributed by atoms with Crippen LogP contribution in [-0.2, 0) is 4.79 Å². The van der Waals surface area contributed by atoms with Gasteiger partial charge < -0.3 is 9.42 Å². The molecule has 0 bridgehead atoms. The van der Waals surface area contributed by atoms with Crippen molar-refractivity contribution in [3.8, 4) is 11.5 Å². The molecule has 1 aliphatic rings. The van der Waals surface area contributed by atoms with Crippen molar-refractivity contribution in [1.29, 1.82) is 0 Å². The standard InChI is InChI=1S/C18H15N3O2/c22-16-11-14(12-21(16)15-9-5-2-6-10-15)17-19-18(23-20-17)13-7-3-1-4-8-13/h1-10,14H,11-12H2/t14-/m1/s1. The molecule has 5 nitrogen and oxygen atoms in total. The maximum atomic E-state index is 12.3. The fourth-order valence-corrected chi connectivity index (χ4v) is 2.84. The second-order valence-corrected chi connectivity index (χ2v) is 5.56. The van der Waals surface area contributed by atoms with E-state index in [1.165, 1.54) is 0 Å². The third-order valence-electron chi connectivity index (χ3n) is 4.02. The lowest BCUT2D eigenvalue weighted by Gasteiger charge is -2.15. The molecule has 0 unspecified atom stereocenters. The fourth-order valence-electron chi connectivity index (χ4n) is 2.84. The summed E-state index contributed by atoms with van der Waals surface area (Å²) in [5, 5.41) is 4.07. The van der Waals surface area contributed by atoms with Crippen LogP contribution >= 0.6 is 0 Å². The van der Waals surface area contributed by atoms with Crippen LogP contribution in [0, 0.1) is 0 Å². The maximum absolute atomic E-state index is 12.3. The fraction of sp³-hybridized carbons (Fsp3) is 0.167. The Bertz CT molecular complexity index is 815. The van der Waals surface area contributed by atoms with Crippen molar-refractivity contribution in [1.82, 2.24) is 10.1 Å². The first-order chi connectivity index (χ1) is 11.3. The van der Waals surface area contributed by atoms with Gasteiger partial charge in [-0.3, -0.25) is 4.79 Å². The Kier molecular flexibility index (Phi) is 3.38. The molecule has 4 rings (SSSR count). The third-order valence-corrected chi connectivity index (χ3v) is 4.02. The zero-order chi connectivity index (χ0) is 15.6. The van der Waals surface area contributed by atoms with E-state index in [-0.39, 0.29) is 11.8 Å². The number of hydrogen-bond acceptors (Lipinski definition) is 4. The summed E-state index contributed by atoms with van der Waals surface area (Å²) in [4.78, 5) is 18.5.